The molecule has 2 aromatic rings. The summed E-state index contributed by atoms with van der Waals surface area (Å²) in [6.07, 6.45) is 5.43. The van der Waals surface area contributed by atoms with E-state index < -0.39 is 6.04 Å². The molecule has 7 nitrogen and oxygen atoms in total. The van der Waals surface area contributed by atoms with Gasteiger partial charge in [-0.1, -0.05) is 24.1 Å². The molecule has 156 valence electrons. The van der Waals surface area contributed by atoms with Gasteiger partial charge in [0.05, 0.1) is 19.6 Å². The fraction of sp³-hybridized carbons (Fsp3) is 0.261. The molecule has 2 aromatic carbocycles. The van der Waals surface area contributed by atoms with E-state index in [1.54, 1.807) is 55.6 Å². The number of benzene rings is 2. The molecule has 0 radical (unpaired) electrons. The summed E-state index contributed by atoms with van der Waals surface area (Å²) in [5.74, 6) is 2.27. The van der Waals surface area contributed by atoms with E-state index in [0.717, 1.165) is 5.56 Å². The van der Waals surface area contributed by atoms with E-state index in [1.165, 1.54) is 18.9 Å². The van der Waals surface area contributed by atoms with Crippen molar-refractivity contribution in [2.24, 2.45) is 0 Å². The maximum atomic E-state index is 13.2. The van der Waals surface area contributed by atoms with Gasteiger partial charge in [0.15, 0.2) is 0 Å². The highest BCUT2D eigenvalue weighted by Crippen LogP contribution is 2.24. The molecule has 1 unspecified atom stereocenters. The molecule has 30 heavy (non-hydrogen) atoms. The summed E-state index contributed by atoms with van der Waals surface area (Å²) in [5, 5.41) is 5.32. The highest BCUT2D eigenvalue weighted by Gasteiger charge is 2.24. The lowest BCUT2D eigenvalue weighted by Gasteiger charge is -2.25. The second-order valence-corrected chi connectivity index (χ2v) is 6.58. The third kappa shape index (κ3) is 6.11. The molecule has 3 amide bonds. The predicted octanol–water partition coefficient (Wildman–Crippen LogP) is 2.02. The molecule has 0 heterocycles. The average Bonchev–Trinajstić information content (AvgIpc) is 2.76. The number of hydrogen-bond acceptors (Lipinski definition) is 4. The average molecular weight is 407 g/mol. The van der Waals surface area contributed by atoms with Gasteiger partial charge in [-0.05, 0) is 35.9 Å². The van der Waals surface area contributed by atoms with Gasteiger partial charge in [0, 0.05) is 25.2 Å². The van der Waals surface area contributed by atoms with E-state index in [0.29, 0.717) is 17.0 Å². The van der Waals surface area contributed by atoms with E-state index in [2.05, 4.69) is 16.6 Å². The molecule has 0 bridgehead atoms. The van der Waals surface area contributed by atoms with Gasteiger partial charge >= 0.3 is 0 Å². The summed E-state index contributed by atoms with van der Waals surface area (Å²) in [5.41, 5.74) is 1.85. The van der Waals surface area contributed by atoms with Crippen molar-refractivity contribution in [2.75, 3.05) is 25.6 Å². The van der Waals surface area contributed by atoms with Crippen molar-refractivity contribution in [3.63, 3.8) is 0 Å². The maximum absolute atomic E-state index is 13.2. The Labute approximate surface area is 176 Å². The molecular formula is C23H25N3O4. The lowest BCUT2D eigenvalue weighted by Crippen LogP contribution is -2.41. The largest absolute Gasteiger partial charge is 0.497 e. The number of nitrogens with zero attached hydrogens (tertiary/aromatic N) is 1. The molecule has 1 atom stereocenters. The first-order chi connectivity index (χ1) is 14.4. The molecule has 0 saturated carbocycles. The minimum absolute atomic E-state index is 0.0385. The van der Waals surface area contributed by atoms with Crippen LogP contribution in [0.3, 0.4) is 0 Å². The zero-order valence-electron chi connectivity index (χ0n) is 17.3. The number of hydrogen-bond donors (Lipinski definition) is 2. The number of nitrogens with one attached hydrogen (secondary N) is 2. The number of terminal acetylenes is 1. The number of carbonyl (C=O) groups is 3. The Morgan fingerprint density at radius 3 is 2.43 bits per heavy atom. The van der Waals surface area contributed by atoms with E-state index in [4.69, 9.17) is 11.2 Å². The van der Waals surface area contributed by atoms with E-state index in [9.17, 15) is 14.4 Å². The summed E-state index contributed by atoms with van der Waals surface area (Å²) in [6, 6.07) is 13.4. The van der Waals surface area contributed by atoms with Crippen molar-refractivity contribution < 1.29 is 19.1 Å². The van der Waals surface area contributed by atoms with Crippen LogP contribution in [0, 0.1) is 12.3 Å². The fourth-order valence-corrected chi connectivity index (χ4v) is 2.93. The lowest BCUT2D eigenvalue weighted by atomic mass is 10.0. The third-order valence-corrected chi connectivity index (χ3v) is 4.48. The smallest absolute Gasteiger partial charge is 0.239 e. The molecule has 0 aliphatic heterocycles. The third-order valence-electron chi connectivity index (χ3n) is 4.48. The first kappa shape index (κ1) is 22.5. The van der Waals surface area contributed by atoms with Crippen LogP contribution in [0.4, 0.5) is 5.69 Å². The Kier molecular flexibility index (Phi) is 8.00. The van der Waals surface area contributed by atoms with Crippen LogP contribution in [0.1, 0.15) is 30.5 Å². The van der Waals surface area contributed by atoms with E-state index in [-0.39, 0.29) is 30.7 Å². The zero-order valence-corrected chi connectivity index (χ0v) is 17.3. The predicted molar refractivity (Wildman–Crippen MR) is 115 cm³/mol. The molecule has 2 N–H and O–H groups in total. The van der Waals surface area contributed by atoms with Gasteiger partial charge in [0.25, 0.3) is 0 Å². The molecule has 0 aliphatic rings. The van der Waals surface area contributed by atoms with Gasteiger partial charge in [0.2, 0.25) is 17.7 Å². The monoisotopic (exact) mass is 407 g/mol. The van der Waals surface area contributed by atoms with Gasteiger partial charge in [-0.25, -0.2) is 0 Å². The van der Waals surface area contributed by atoms with Gasteiger partial charge in [-0.2, -0.15) is 0 Å². The molecule has 0 saturated heterocycles. The summed E-state index contributed by atoms with van der Waals surface area (Å²) >= 11 is 0. The Bertz CT molecular complexity index is 948. The van der Waals surface area contributed by atoms with Gasteiger partial charge in [-0.15, -0.1) is 6.42 Å². The quantitative estimate of drug-likeness (QED) is 0.656. The zero-order chi connectivity index (χ0) is 22.1. The van der Waals surface area contributed by atoms with Gasteiger partial charge < -0.3 is 20.3 Å². The van der Waals surface area contributed by atoms with Crippen molar-refractivity contribution in [1.82, 2.24) is 10.6 Å². The number of amides is 3. The Morgan fingerprint density at radius 1 is 1.17 bits per heavy atom. The van der Waals surface area contributed by atoms with Crippen molar-refractivity contribution in [2.45, 2.75) is 19.4 Å². The molecule has 2 rings (SSSR count). The van der Waals surface area contributed by atoms with Crippen LogP contribution >= 0.6 is 0 Å². The van der Waals surface area contributed by atoms with Crippen molar-refractivity contribution >= 4 is 23.4 Å². The second kappa shape index (κ2) is 10.7. The molecule has 0 aromatic heterocycles. The minimum Gasteiger partial charge on any atom is -0.497 e. The van der Waals surface area contributed by atoms with Crippen LogP contribution < -0.4 is 20.3 Å². The van der Waals surface area contributed by atoms with Crippen LogP contribution in [-0.2, 0) is 14.4 Å². The first-order valence-electron chi connectivity index (χ1n) is 9.36. The topological polar surface area (TPSA) is 87.7 Å². The fourth-order valence-electron chi connectivity index (χ4n) is 2.93. The Morgan fingerprint density at radius 2 is 1.87 bits per heavy atom. The molecule has 7 heteroatoms. The van der Waals surface area contributed by atoms with E-state index in [1.807, 2.05) is 0 Å². The van der Waals surface area contributed by atoms with Crippen molar-refractivity contribution in [1.29, 1.82) is 0 Å². The maximum Gasteiger partial charge on any atom is 0.239 e. The van der Waals surface area contributed by atoms with Crippen LogP contribution in [0.5, 0.6) is 5.75 Å². The standard InChI is InChI=1S/C23H25N3O4/c1-5-17-7-6-8-19(13-17)26(15-22(28)24-3)23(29)14-21(25-16(2)27)18-9-11-20(30-4)12-10-18/h1,6-13,21H,14-15H2,2-4H3,(H,24,28)(H,25,27). The number of likely N-dealkylation sites (N-methyl/N-ethyl adjacent to an activating group) is 1. The highest BCUT2D eigenvalue weighted by molar-refractivity contribution is 5.99. The number of rotatable bonds is 8. The molecular weight excluding hydrogens is 382 g/mol. The molecule has 0 fully saturated rings. The van der Waals surface area contributed by atoms with Crippen molar-refractivity contribution in [3.05, 3.63) is 59.7 Å². The summed E-state index contributed by atoms with van der Waals surface area (Å²) in [7, 11) is 3.06. The lowest BCUT2D eigenvalue weighted by molar-refractivity contribution is -0.124. The number of ether oxygens (including phenoxy) is 1. The van der Waals surface area contributed by atoms with Crippen LogP contribution in [0.2, 0.25) is 0 Å². The summed E-state index contributed by atoms with van der Waals surface area (Å²) in [6.45, 7) is 1.22. The van der Waals surface area contributed by atoms with Crippen LogP contribution in [0.25, 0.3) is 0 Å². The number of anilines is 1. The Hall–Kier alpha value is -3.79. The highest BCUT2D eigenvalue weighted by atomic mass is 16.5. The first-order valence-corrected chi connectivity index (χ1v) is 9.36. The van der Waals surface area contributed by atoms with Crippen LogP contribution in [0.15, 0.2) is 48.5 Å². The summed E-state index contributed by atoms with van der Waals surface area (Å²) < 4.78 is 5.16. The van der Waals surface area contributed by atoms with Crippen molar-refractivity contribution in [3.8, 4) is 18.1 Å². The molecule has 0 aliphatic carbocycles. The Balaban J connectivity index is 2.33. The van der Waals surface area contributed by atoms with Gasteiger partial charge in [0.1, 0.15) is 12.3 Å². The van der Waals surface area contributed by atoms with E-state index >= 15 is 0 Å². The van der Waals surface area contributed by atoms with Gasteiger partial charge in [-0.3, -0.25) is 14.4 Å². The van der Waals surface area contributed by atoms with Crippen LogP contribution in [-0.4, -0.2) is 38.4 Å². The summed E-state index contributed by atoms with van der Waals surface area (Å²) in [4.78, 5) is 38.3. The number of methoxy groups -OCH3 is 1. The molecule has 0 spiro atoms. The second-order valence-electron chi connectivity index (χ2n) is 6.58. The number of carbonyl (C=O) groups excluding carboxylic acids is 3. The normalized spacial score (nSPS) is 11.0. The SMILES string of the molecule is C#Cc1cccc(N(CC(=O)NC)C(=O)CC(NC(C)=O)c2ccc(OC)cc2)c1. The minimum atomic E-state index is -0.566.